The summed E-state index contributed by atoms with van der Waals surface area (Å²) in [5.41, 5.74) is 2.45. The van der Waals surface area contributed by atoms with E-state index in [4.69, 9.17) is 11.6 Å². The van der Waals surface area contributed by atoms with Crippen LogP contribution in [-0.2, 0) is 9.59 Å². The van der Waals surface area contributed by atoms with E-state index in [2.05, 4.69) is 15.5 Å². The lowest BCUT2D eigenvalue weighted by molar-refractivity contribution is -0.117. The molecule has 3 aromatic rings. The Morgan fingerprint density at radius 2 is 2.00 bits per heavy atom. The summed E-state index contributed by atoms with van der Waals surface area (Å²) in [5.74, 6) is 0.626. The summed E-state index contributed by atoms with van der Waals surface area (Å²) in [6.45, 7) is 0.752. The molecule has 1 N–H and O–H groups in total. The van der Waals surface area contributed by atoms with Gasteiger partial charge in [0, 0.05) is 41.5 Å². The fourth-order valence-electron chi connectivity index (χ4n) is 3.23. The number of halogens is 1. The Balaban J connectivity index is 1.29. The molecule has 1 aromatic heterocycles. The van der Waals surface area contributed by atoms with Crippen LogP contribution >= 0.6 is 23.4 Å². The zero-order valence-electron chi connectivity index (χ0n) is 16.1. The summed E-state index contributed by atoms with van der Waals surface area (Å²) in [7, 11) is 0. The summed E-state index contributed by atoms with van der Waals surface area (Å²) >= 11 is 7.51. The van der Waals surface area contributed by atoms with E-state index >= 15 is 0 Å². The number of hydrogen-bond acceptors (Lipinski definition) is 5. The Labute approximate surface area is 183 Å². The number of anilines is 2. The lowest BCUT2D eigenvalue weighted by Gasteiger charge is -2.16. The lowest BCUT2D eigenvalue weighted by Crippen LogP contribution is -2.23. The first-order valence-corrected chi connectivity index (χ1v) is 11.0. The Bertz CT molecular complexity index is 1050. The predicted octanol–water partition coefficient (Wildman–Crippen LogP) is 4.17. The number of nitrogens with zero attached hydrogens (tertiary/aromatic N) is 4. The van der Waals surface area contributed by atoms with Crippen LogP contribution in [0.5, 0.6) is 0 Å². The minimum Gasteiger partial charge on any atom is -0.326 e. The number of carbonyl (C=O) groups is 2. The van der Waals surface area contributed by atoms with Crippen LogP contribution in [0.2, 0.25) is 5.02 Å². The second-order valence-electron chi connectivity index (χ2n) is 6.81. The smallest absolute Gasteiger partial charge is 0.227 e. The third-order valence-corrected chi connectivity index (χ3v) is 5.88. The van der Waals surface area contributed by atoms with E-state index in [9.17, 15) is 9.59 Å². The van der Waals surface area contributed by atoms with Gasteiger partial charge in [0.05, 0.1) is 5.69 Å². The van der Waals surface area contributed by atoms with Gasteiger partial charge in [-0.3, -0.25) is 14.2 Å². The van der Waals surface area contributed by atoms with Crippen LogP contribution in [0.1, 0.15) is 19.3 Å². The highest BCUT2D eigenvalue weighted by Crippen LogP contribution is 2.24. The molecule has 0 unspecified atom stereocenters. The van der Waals surface area contributed by atoms with Gasteiger partial charge < -0.3 is 10.2 Å². The van der Waals surface area contributed by atoms with Gasteiger partial charge in [-0.1, -0.05) is 29.4 Å². The molecular weight excluding hydrogens is 422 g/mol. The van der Waals surface area contributed by atoms with Gasteiger partial charge in [-0.2, -0.15) is 0 Å². The maximum atomic E-state index is 12.3. The highest BCUT2D eigenvalue weighted by atomic mass is 35.5. The minimum absolute atomic E-state index is 0.0821. The standard InChI is InChI=1S/C21H20ClN5O2S/c22-15-3-1-4-18(13-15)27-14-23-25-21(27)30-12-10-19(28)24-16-6-8-17(9-7-16)26-11-2-5-20(26)29/h1,3-4,6-9,13-14H,2,5,10-12H2,(H,24,28). The molecule has 2 aromatic carbocycles. The number of rotatable bonds is 7. The van der Waals surface area contributed by atoms with Crippen molar-refractivity contribution in [3.05, 3.63) is 59.9 Å². The van der Waals surface area contributed by atoms with Gasteiger partial charge in [-0.15, -0.1) is 10.2 Å². The first-order chi connectivity index (χ1) is 14.6. The van der Waals surface area contributed by atoms with Crippen molar-refractivity contribution in [2.75, 3.05) is 22.5 Å². The molecular formula is C21H20ClN5O2S. The minimum atomic E-state index is -0.0821. The number of amides is 2. The van der Waals surface area contributed by atoms with Crippen LogP contribution in [0.25, 0.3) is 5.69 Å². The van der Waals surface area contributed by atoms with Crippen molar-refractivity contribution in [1.29, 1.82) is 0 Å². The number of aromatic nitrogens is 3. The van der Waals surface area contributed by atoms with Crippen molar-refractivity contribution < 1.29 is 9.59 Å². The van der Waals surface area contributed by atoms with Crippen molar-refractivity contribution >= 4 is 46.6 Å². The highest BCUT2D eigenvalue weighted by Gasteiger charge is 2.21. The van der Waals surface area contributed by atoms with E-state index in [0.29, 0.717) is 34.5 Å². The molecule has 0 spiro atoms. The maximum absolute atomic E-state index is 12.3. The lowest BCUT2D eigenvalue weighted by atomic mass is 10.2. The SMILES string of the molecule is O=C(CCSc1nncn1-c1cccc(Cl)c1)Nc1ccc(N2CCCC2=O)cc1. The van der Waals surface area contributed by atoms with Crippen LogP contribution in [0, 0.1) is 0 Å². The molecule has 154 valence electrons. The van der Waals surface area contributed by atoms with E-state index in [1.54, 1.807) is 11.2 Å². The van der Waals surface area contributed by atoms with Crippen LogP contribution < -0.4 is 10.2 Å². The van der Waals surface area contributed by atoms with Gasteiger partial charge in [0.1, 0.15) is 6.33 Å². The second-order valence-corrected chi connectivity index (χ2v) is 8.30. The first-order valence-electron chi connectivity index (χ1n) is 9.59. The van der Waals surface area contributed by atoms with Crippen LogP contribution in [-0.4, -0.2) is 38.9 Å². The van der Waals surface area contributed by atoms with Crippen molar-refractivity contribution in [3.8, 4) is 5.69 Å². The molecule has 1 aliphatic rings. The molecule has 0 saturated carbocycles. The average molecular weight is 442 g/mol. The molecule has 30 heavy (non-hydrogen) atoms. The molecule has 1 saturated heterocycles. The van der Waals surface area contributed by atoms with Crippen LogP contribution in [0.4, 0.5) is 11.4 Å². The summed E-state index contributed by atoms with van der Waals surface area (Å²) in [4.78, 5) is 25.9. The predicted molar refractivity (Wildman–Crippen MR) is 118 cm³/mol. The second kappa shape index (κ2) is 9.32. The summed E-state index contributed by atoms with van der Waals surface area (Å²) in [5, 5.41) is 12.3. The van der Waals surface area contributed by atoms with Gasteiger partial charge in [0.25, 0.3) is 0 Å². The Morgan fingerprint density at radius 1 is 1.17 bits per heavy atom. The summed E-state index contributed by atoms with van der Waals surface area (Å²) in [6, 6.07) is 14.8. The van der Waals surface area contributed by atoms with Gasteiger partial charge in [0.15, 0.2) is 5.16 Å². The molecule has 1 aliphatic heterocycles. The number of benzene rings is 2. The Kier molecular flexibility index (Phi) is 6.35. The molecule has 0 radical (unpaired) electrons. The first kappa shape index (κ1) is 20.4. The number of nitrogens with one attached hydrogen (secondary N) is 1. The largest absolute Gasteiger partial charge is 0.326 e. The number of thioether (sulfide) groups is 1. The number of carbonyl (C=O) groups excluding carboxylic acids is 2. The van der Waals surface area contributed by atoms with Gasteiger partial charge in [-0.05, 0) is 48.9 Å². The molecule has 4 rings (SSSR count). The van der Waals surface area contributed by atoms with E-state index in [-0.39, 0.29) is 11.8 Å². The summed E-state index contributed by atoms with van der Waals surface area (Å²) < 4.78 is 1.84. The van der Waals surface area contributed by atoms with Crippen molar-refractivity contribution in [3.63, 3.8) is 0 Å². The highest BCUT2D eigenvalue weighted by molar-refractivity contribution is 7.99. The topological polar surface area (TPSA) is 80.1 Å². The van der Waals surface area contributed by atoms with Gasteiger partial charge >= 0.3 is 0 Å². The zero-order chi connectivity index (χ0) is 20.9. The normalized spacial score (nSPS) is 13.6. The quantitative estimate of drug-likeness (QED) is 0.556. The molecule has 9 heteroatoms. The molecule has 0 bridgehead atoms. The van der Waals surface area contributed by atoms with Gasteiger partial charge in [-0.25, -0.2) is 0 Å². The Morgan fingerprint density at radius 3 is 2.73 bits per heavy atom. The molecule has 0 atom stereocenters. The number of hydrogen-bond donors (Lipinski definition) is 1. The van der Waals surface area contributed by atoms with Crippen molar-refractivity contribution in [1.82, 2.24) is 14.8 Å². The third-order valence-electron chi connectivity index (χ3n) is 4.70. The van der Waals surface area contributed by atoms with Crippen molar-refractivity contribution in [2.45, 2.75) is 24.4 Å². The van der Waals surface area contributed by atoms with Crippen LogP contribution in [0.3, 0.4) is 0 Å². The monoisotopic (exact) mass is 441 g/mol. The van der Waals surface area contributed by atoms with E-state index in [1.165, 1.54) is 11.8 Å². The van der Waals surface area contributed by atoms with Gasteiger partial charge in [0.2, 0.25) is 11.8 Å². The maximum Gasteiger partial charge on any atom is 0.227 e. The molecule has 1 fully saturated rings. The van der Waals surface area contributed by atoms with E-state index < -0.39 is 0 Å². The average Bonchev–Trinajstić information content (AvgIpc) is 3.38. The molecule has 7 nitrogen and oxygen atoms in total. The third kappa shape index (κ3) is 4.83. The Hall–Kier alpha value is -2.84. The fraction of sp³-hybridized carbons (Fsp3) is 0.238. The van der Waals surface area contributed by atoms with Crippen molar-refractivity contribution in [2.24, 2.45) is 0 Å². The molecule has 2 amide bonds. The van der Waals surface area contributed by atoms with Crippen LogP contribution in [0.15, 0.2) is 60.0 Å². The fourth-order valence-corrected chi connectivity index (χ4v) is 4.28. The van der Waals surface area contributed by atoms with E-state index in [0.717, 1.165) is 24.3 Å². The molecule has 2 heterocycles. The summed E-state index contributed by atoms with van der Waals surface area (Å²) in [6.07, 6.45) is 3.45. The zero-order valence-corrected chi connectivity index (χ0v) is 17.7. The molecule has 0 aliphatic carbocycles. The van der Waals surface area contributed by atoms with E-state index in [1.807, 2.05) is 53.1 Å².